The molecule has 2 rings (SSSR count). The van der Waals surface area contributed by atoms with E-state index in [-0.39, 0.29) is 11.9 Å². The van der Waals surface area contributed by atoms with Gasteiger partial charge in [0.1, 0.15) is 0 Å². The average molecular weight is 328 g/mol. The van der Waals surface area contributed by atoms with Crippen molar-refractivity contribution in [3.05, 3.63) is 53.3 Å². The molecule has 0 spiro atoms. The fourth-order valence-corrected chi connectivity index (χ4v) is 2.99. The summed E-state index contributed by atoms with van der Waals surface area (Å²) in [5, 5.41) is 4.48. The van der Waals surface area contributed by atoms with Crippen molar-refractivity contribution >= 4 is 5.91 Å². The van der Waals surface area contributed by atoms with Gasteiger partial charge in [0.2, 0.25) is 5.91 Å². The van der Waals surface area contributed by atoms with Crippen LogP contribution >= 0.6 is 0 Å². The van der Waals surface area contributed by atoms with Crippen molar-refractivity contribution in [3.8, 4) is 0 Å². The molecule has 1 unspecified atom stereocenters. The largest absolute Gasteiger partial charge is 0.341 e. The first-order valence-electron chi connectivity index (χ1n) is 8.55. The normalized spacial score (nSPS) is 12.2. The fourth-order valence-electron chi connectivity index (χ4n) is 2.99. The number of hydrogen-bond acceptors (Lipinski definition) is 3. The van der Waals surface area contributed by atoms with Crippen molar-refractivity contribution in [2.75, 3.05) is 19.6 Å². The Morgan fingerprint density at radius 1 is 1.25 bits per heavy atom. The smallest absolute Gasteiger partial charge is 0.224 e. The summed E-state index contributed by atoms with van der Waals surface area (Å²) >= 11 is 0. The second-order valence-corrected chi connectivity index (χ2v) is 6.33. The molecule has 0 bridgehead atoms. The van der Waals surface area contributed by atoms with Gasteiger partial charge in [-0.25, -0.2) is 0 Å². The van der Waals surface area contributed by atoms with E-state index in [0.29, 0.717) is 26.1 Å². The number of benzene rings is 1. The van der Waals surface area contributed by atoms with Crippen molar-refractivity contribution in [1.29, 1.82) is 0 Å². The molecule has 0 aliphatic carbocycles. The maximum absolute atomic E-state index is 12.7. The number of nitrogens with zero attached hydrogens (tertiary/aromatic N) is 3. The molecule has 1 amide bonds. The Kier molecular flexibility index (Phi) is 6.55. The maximum Gasteiger partial charge on any atom is 0.224 e. The summed E-state index contributed by atoms with van der Waals surface area (Å²) in [6.07, 6.45) is 1.29. The molecule has 1 atom stereocenters. The second kappa shape index (κ2) is 8.64. The zero-order valence-corrected chi connectivity index (χ0v) is 14.9. The molecule has 0 aliphatic heterocycles. The van der Waals surface area contributed by atoms with Crippen LogP contribution < -0.4 is 5.73 Å². The minimum atomic E-state index is 0.0446. The van der Waals surface area contributed by atoms with E-state index in [1.807, 2.05) is 54.6 Å². The van der Waals surface area contributed by atoms with Crippen molar-refractivity contribution in [2.24, 2.45) is 5.73 Å². The second-order valence-electron chi connectivity index (χ2n) is 6.33. The van der Waals surface area contributed by atoms with Gasteiger partial charge in [-0.2, -0.15) is 5.10 Å². The van der Waals surface area contributed by atoms with E-state index < -0.39 is 0 Å². The monoisotopic (exact) mass is 328 g/mol. The first-order valence-corrected chi connectivity index (χ1v) is 8.55. The van der Waals surface area contributed by atoms with E-state index >= 15 is 0 Å². The molecular weight excluding hydrogens is 300 g/mol. The number of rotatable bonds is 8. The summed E-state index contributed by atoms with van der Waals surface area (Å²) in [5.74, 6) is 0.136. The van der Waals surface area contributed by atoms with Crippen LogP contribution in [-0.2, 0) is 11.2 Å². The van der Waals surface area contributed by atoms with Crippen LogP contribution in [0.15, 0.2) is 36.4 Å². The first kappa shape index (κ1) is 18.2. The van der Waals surface area contributed by atoms with Gasteiger partial charge in [-0.3, -0.25) is 9.48 Å². The lowest BCUT2D eigenvalue weighted by molar-refractivity contribution is -0.131. The number of aromatic nitrogens is 2. The molecule has 0 radical (unpaired) electrons. The molecule has 0 saturated heterocycles. The van der Waals surface area contributed by atoms with E-state index in [4.69, 9.17) is 5.73 Å². The van der Waals surface area contributed by atoms with E-state index in [0.717, 1.165) is 17.8 Å². The van der Waals surface area contributed by atoms with Crippen LogP contribution in [0.4, 0.5) is 0 Å². The van der Waals surface area contributed by atoms with Gasteiger partial charge in [-0.15, -0.1) is 0 Å². The molecule has 2 N–H and O–H groups in total. The molecule has 1 aromatic carbocycles. The van der Waals surface area contributed by atoms with E-state index in [9.17, 15) is 4.79 Å². The lowest BCUT2D eigenvalue weighted by atomic mass is 10.1. The Bertz CT molecular complexity index is 651. The Morgan fingerprint density at radius 2 is 1.96 bits per heavy atom. The maximum atomic E-state index is 12.7. The number of hydrogen-bond donors (Lipinski definition) is 1. The molecule has 0 fully saturated rings. The molecule has 5 nitrogen and oxygen atoms in total. The van der Waals surface area contributed by atoms with Gasteiger partial charge in [-0.1, -0.05) is 30.3 Å². The summed E-state index contributed by atoms with van der Waals surface area (Å²) in [6.45, 7) is 7.80. The van der Waals surface area contributed by atoms with Crippen molar-refractivity contribution in [3.63, 3.8) is 0 Å². The van der Waals surface area contributed by atoms with Gasteiger partial charge < -0.3 is 10.6 Å². The highest BCUT2D eigenvalue weighted by Gasteiger charge is 2.18. The summed E-state index contributed by atoms with van der Waals surface area (Å²) in [7, 11) is 0. The Morgan fingerprint density at radius 3 is 2.54 bits per heavy atom. The van der Waals surface area contributed by atoms with Gasteiger partial charge in [0.05, 0.1) is 11.7 Å². The summed E-state index contributed by atoms with van der Waals surface area (Å²) in [4.78, 5) is 14.6. The third kappa shape index (κ3) is 4.93. The quantitative estimate of drug-likeness (QED) is 0.810. The Balaban J connectivity index is 1.96. The van der Waals surface area contributed by atoms with Crippen LogP contribution in [0, 0.1) is 13.8 Å². The number of amides is 1. The molecule has 0 aliphatic rings. The Labute approximate surface area is 144 Å². The van der Waals surface area contributed by atoms with Gasteiger partial charge in [0.15, 0.2) is 0 Å². The van der Waals surface area contributed by atoms with Crippen LogP contribution in [0.5, 0.6) is 0 Å². The Hall–Kier alpha value is -2.14. The van der Waals surface area contributed by atoms with Crippen LogP contribution in [0.1, 0.15) is 36.3 Å². The summed E-state index contributed by atoms with van der Waals surface area (Å²) in [5.41, 5.74) is 9.00. The number of carbonyl (C=O) groups is 1. The average Bonchev–Trinajstić information content (AvgIpc) is 2.90. The highest BCUT2D eigenvalue weighted by atomic mass is 16.2. The highest BCUT2D eigenvalue weighted by molar-refractivity contribution is 5.76. The molecule has 24 heavy (non-hydrogen) atoms. The zero-order chi connectivity index (χ0) is 17.5. The number of nitrogens with two attached hydrogens (primary N) is 1. The van der Waals surface area contributed by atoms with Gasteiger partial charge in [-0.05, 0) is 38.8 Å². The zero-order valence-electron chi connectivity index (χ0n) is 14.9. The van der Waals surface area contributed by atoms with Crippen LogP contribution in [0.3, 0.4) is 0 Å². The molecular formula is C19H28N4O. The van der Waals surface area contributed by atoms with E-state index in [2.05, 4.69) is 17.2 Å². The molecule has 2 aromatic rings. The lowest BCUT2D eigenvalue weighted by Gasteiger charge is -2.24. The van der Waals surface area contributed by atoms with Crippen molar-refractivity contribution in [2.45, 2.75) is 39.7 Å². The molecule has 130 valence electrons. The molecule has 1 heterocycles. The molecule has 0 saturated carbocycles. The fraction of sp³-hybridized carbons (Fsp3) is 0.474. The molecule has 5 heteroatoms. The third-order valence-corrected chi connectivity index (χ3v) is 4.20. The lowest BCUT2D eigenvalue weighted by Crippen LogP contribution is -2.38. The van der Waals surface area contributed by atoms with E-state index in [1.54, 1.807) is 0 Å². The van der Waals surface area contributed by atoms with Gasteiger partial charge >= 0.3 is 0 Å². The van der Waals surface area contributed by atoms with Crippen molar-refractivity contribution < 1.29 is 4.79 Å². The summed E-state index contributed by atoms with van der Waals surface area (Å²) in [6, 6.07) is 12.3. The van der Waals surface area contributed by atoms with Crippen molar-refractivity contribution in [1.82, 2.24) is 14.7 Å². The topological polar surface area (TPSA) is 64.2 Å². The standard InChI is InChI=1S/C19H28N4O/c1-15-13-16(2)23(21-15)17(3)14-19(24)22(12-10-20)11-9-18-7-5-4-6-8-18/h4-8,13,17H,9-12,14,20H2,1-3H3. The third-order valence-electron chi connectivity index (χ3n) is 4.20. The highest BCUT2D eigenvalue weighted by Crippen LogP contribution is 2.16. The SMILES string of the molecule is Cc1cc(C)n(C(C)CC(=O)N(CCN)CCc2ccccc2)n1. The van der Waals surface area contributed by atoms with Crippen LogP contribution in [0.2, 0.25) is 0 Å². The predicted molar refractivity (Wildman–Crippen MR) is 96.8 cm³/mol. The first-order chi connectivity index (χ1) is 11.5. The van der Waals surface area contributed by atoms with Crippen LogP contribution in [0.25, 0.3) is 0 Å². The van der Waals surface area contributed by atoms with Gasteiger partial charge in [0, 0.05) is 31.7 Å². The minimum absolute atomic E-state index is 0.0446. The number of carbonyl (C=O) groups excluding carboxylic acids is 1. The predicted octanol–water partition coefficient (Wildman–Crippen LogP) is 2.48. The van der Waals surface area contributed by atoms with Crippen LogP contribution in [-0.4, -0.2) is 40.2 Å². The number of aryl methyl sites for hydroxylation is 2. The molecule has 1 aromatic heterocycles. The minimum Gasteiger partial charge on any atom is -0.341 e. The van der Waals surface area contributed by atoms with Gasteiger partial charge in [0.25, 0.3) is 0 Å². The summed E-state index contributed by atoms with van der Waals surface area (Å²) < 4.78 is 1.94. The van der Waals surface area contributed by atoms with E-state index in [1.165, 1.54) is 5.56 Å².